The normalized spacial score (nSPS) is 23.0. The van der Waals surface area contributed by atoms with Crippen LogP contribution < -0.4 is 5.32 Å². The highest BCUT2D eigenvalue weighted by Crippen LogP contribution is 2.40. The molecule has 1 fully saturated rings. The van der Waals surface area contributed by atoms with E-state index in [1.165, 1.54) is 11.1 Å². The van der Waals surface area contributed by atoms with Crippen LogP contribution in [0.3, 0.4) is 0 Å². The van der Waals surface area contributed by atoms with E-state index >= 15 is 0 Å². The van der Waals surface area contributed by atoms with Gasteiger partial charge in [0.05, 0.1) is 12.2 Å². The highest BCUT2D eigenvalue weighted by Gasteiger charge is 2.38. The van der Waals surface area contributed by atoms with Gasteiger partial charge in [0.25, 0.3) is 0 Å². The highest BCUT2D eigenvalue weighted by atomic mass is 16.5. The van der Waals surface area contributed by atoms with Crippen LogP contribution in [0.5, 0.6) is 5.75 Å². The topological polar surface area (TPSA) is 41.5 Å². The van der Waals surface area contributed by atoms with Crippen LogP contribution in [0.2, 0.25) is 0 Å². The molecule has 0 aromatic heterocycles. The van der Waals surface area contributed by atoms with Crippen molar-refractivity contribution in [1.82, 2.24) is 5.32 Å². The largest absolute Gasteiger partial charge is 0.508 e. The lowest BCUT2D eigenvalue weighted by Crippen LogP contribution is -2.44. The minimum atomic E-state index is -0.0907. The lowest BCUT2D eigenvalue weighted by atomic mass is 9.80. The first-order valence-corrected chi connectivity index (χ1v) is 5.97. The number of ether oxygens (including phenoxy) is 1. The first-order chi connectivity index (χ1) is 7.80. The van der Waals surface area contributed by atoms with E-state index in [2.05, 4.69) is 5.32 Å². The quantitative estimate of drug-likeness (QED) is 0.695. The third-order valence-corrected chi connectivity index (χ3v) is 3.74. The second-order valence-electron chi connectivity index (χ2n) is 4.68. The number of hydrogen-bond acceptors (Lipinski definition) is 3. The van der Waals surface area contributed by atoms with Crippen molar-refractivity contribution in [3.63, 3.8) is 0 Å². The Morgan fingerprint density at radius 1 is 1.25 bits per heavy atom. The van der Waals surface area contributed by atoms with Gasteiger partial charge in [0.15, 0.2) is 0 Å². The van der Waals surface area contributed by atoms with Crippen molar-refractivity contribution in [3.8, 4) is 5.75 Å². The summed E-state index contributed by atoms with van der Waals surface area (Å²) in [6.45, 7) is 2.80. The maximum absolute atomic E-state index is 9.52. The van der Waals surface area contributed by atoms with E-state index in [9.17, 15) is 5.11 Å². The Labute approximate surface area is 95.4 Å². The van der Waals surface area contributed by atoms with Crippen LogP contribution >= 0.6 is 0 Å². The molecule has 2 heterocycles. The minimum absolute atomic E-state index is 0.0907. The van der Waals surface area contributed by atoms with Crippen molar-refractivity contribution < 1.29 is 9.84 Å². The number of aromatic hydroxyl groups is 1. The standard InChI is InChI=1S/C13H17NO2/c15-11-1-2-12-10(9-11)3-8-16-13(12)4-6-14-7-5-13/h1-2,9,14-15H,3-8H2. The summed E-state index contributed by atoms with van der Waals surface area (Å²) in [5.41, 5.74) is 2.46. The zero-order valence-corrected chi connectivity index (χ0v) is 9.33. The summed E-state index contributed by atoms with van der Waals surface area (Å²) < 4.78 is 6.05. The zero-order valence-electron chi connectivity index (χ0n) is 9.33. The van der Waals surface area contributed by atoms with Crippen LogP contribution in [-0.2, 0) is 16.8 Å². The van der Waals surface area contributed by atoms with E-state index in [1.54, 1.807) is 6.07 Å². The van der Waals surface area contributed by atoms with E-state index in [0.717, 1.165) is 39.0 Å². The van der Waals surface area contributed by atoms with Crippen molar-refractivity contribution in [2.24, 2.45) is 0 Å². The average molecular weight is 219 g/mol. The molecule has 16 heavy (non-hydrogen) atoms. The van der Waals surface area contributed by atoms with Gasteiger partial charge in [-0.3, -0.25) is 0 Å². The van der Waals surface area contributed by atoms with Gasteiger partial charge in [-0.25, -0.2) is 0 Å². The first-order valence-electron chi connectivity index (χ1n) is 5.97. The fraction of sp³-hybridized carbons (Fsp3) is 0.538. The summed E-state index contributed by atoms with van der Waals surface area (Å²) in [6, 6.07) is 5.70. The van der Waals surface area contributed by atoms with Crippen LogP contribution in [0, 0.1) is 0 Å². The van der Waals surface area contributed by atoms with Crippen LogP contribution in [0.4, 0.5) is 0 Å². The summed E-state index contributed by atoms with van der Waals surface area (Å²) in [5, 5.41) is 12.9. The summed E-state index contributed by atoms with van der Waals surface area (Å²) in [5.74, 6) is 0.365. The van der Waals surface area contributed by atoms with Crippen molar-refractivity contribution in [1.29, 1.82) is 0 Å². The lowest BCUT2D eigenvalue weighted by molar-refractivity contribution is -0.0802. The number of piperidine rings is 1. The van der Waals surface area contributed by atoms with Gasteiger partial charge < -0.3 is 15.2 Å². The Bertz CT molecular complexity index is 397. The third-order valence-electron chi connectivity index (χ3n) is 3.74. The molecule has 0 saturated carbocycles. The second-order valence-corrected chi connectivity index (χ2v) is 4.68. The molecule has 0 unspecified atom stereocenters. The van der Waals surface area contributed by atoms with Gasteiger partial charge >= 0.3 is 0 Å². The Morgan fingerprint density at radius 3 is 2.88 bits per heavy atom. The van der Waals surface area contributed by atoms with Gasteiger partial charge in [-0.2, -0.15) is 0 Å². The van der Waals surface area contributed by atoms with Crippen molar-refractivity contribution >= 4 is 0 Å². The average Bonchev–Trinajstić information content (AvgIpc) is 2.30. The molecular weight excluding hydrogens is 202 g/mol. The van der Waals surface area contributed by atoms with Crippen molar-refractivity contribution in [2.75, 3.05) is 19.7 Å². The van der Waals surface area contributed by atoms with Gasteiger partial charge in [-0.1, -0.05) is 6.07 Å². The smallest absolute Gasteiger partial charge is 0.115 e. The Kier molecular flexibility index (Phi) is 2.37. The molecule has 2 aliphatic rings. The number of phenols is 1. The van der Waals surface area contributed by atoms with Crippen LogP contribution in [0.25, 0.3) is 0 Å². The van der Waals surface area contributed by atoms with E-state index < -0.39 is 0 Å². The van der Waals surface area contributed by atoms with Gasteiger partial charge in [-0.05, 0) is 55.6 Å². The minimum Gasteiger partial charge on any atom is -0.508 e. The number of hydrogen-bond donors (Lipinski definition) is 2. The summed E-state index contributed by atoms with van der Waals surface area (Å²) in [7, 11) is 0. The predicted octanol–water partition coefficient (Wildman–Crippen LogP) is 1.54. The van der Waals surface area contributed by atoms with E-state index in [1.807, 2.05) is 12.1 Å². The molecule has 3 rings (SSSR count). The molecule has 3 nitrogen and oxygen atoms in total. The highest BCUT2D eigenvalue weighted by molar-refractivity contribution is 5.40. The molecule has 2 N–H and O–H groups in total. The fourth-order valence-electron chi connectivity index (χ4n) is 2.91. The number of rotatable bonds is 0. The molecular formula is C13H17NO2. The summed E-state index contributed by atoms with van der Waals surface area (Å²) in [4.78, 5) is 0. The predicted molar refractivity (Wildman–Crippen MR) is 61.5 cm³/mol. The maximum atomic E-state index is 9.52. The van der Waals surface area contributed by atoms with Gasteiger partial charge in [0.2, 0.25) is 0 Å². The van der Waals surface area contributed by atoms with Gasteiger partial charge in [-0.15, -0.1) is 0 Å². The van der Waals surface area contributed by atoms with Crippen molar-refractivity contribution in [2.45, 2.75) is 24.9 Å². The van der Waals surface area contributed by atoms with Gasteiger partial charge in [0, 0.05) is 0 Å². The molecule has 0 bridgehead atoms. The molecule has 1 aromatic carbocycles. The Hall–Kier alpha value is -1.06. The summed E-state index contributed by atoms with van der Waals surface area (Å²) in [6.07, 6.45) is 2.98. The van der Waals surface area contributed by atoms with Crippen LogP contribution in [0.15, 0.2) is 18.2 Å². The molecule has 1 spiro atoms. The molecule has 86 valence electrons. The number of fused-ring (bicyclic) bond motifs is 2. The number of benzene rings is 1. The molecule has 2 aliphatic heterocycles. The van der Waals surface area contributed by atoms with Crippen molar-refractivity contribution in [3.05, 3.63) is 29.3 Å². The number of phenolic OH excluding ortho intramolecular Hbond substituents is 1. The Balaban J connectivity index is 2.04. The monoisotopic (exact) mass is 219 g/mol. The van der Waals surface area contributed by atoms with E-state index in [4.69, 9.17) is 4.74 Å². The molecule has 3 heteroatoms. The zero-order chi connectivity index (χ0) is 11.0. The summed E-state index contributed by atoms with van der Waals surface area (Å²) >= 11 is 0. The lowest BCUT2D eigenvalue weighted by Gasteiger charge is -2.42. The van der Waals surface area contributed by atoms with E-state index in [0.29, 0.717) is 5.75 Å². The third kappa shape index (κ3) is 1.51. The second kappa shape index (κ2) is 3.75. The number of nitrogens with one attached hydrogen (secondary N) is 1. The molecule has 1 saturated heterocycles. The molecule has 0 amide bonds. The Morgan fingerprint density at radius 2 is 2.06 bits per heavy atom. The van der Waals surface area contributed by atoms with E-state index in [-0.39, 0.29) is 5.60 Å². The molecule has 1 aromatic rings. The maximum Gasteiger partial charge on any atom is 0.115 e. The van der Waals surface area contributed by atoms with Gasteiger partial charge in [0.1, 0.15) is 5.75 Å². The SMILES string of the molecule is Oc1ccc2c(c1)CCOC21CCNCC1. The first kappa shape index (κ1) is 10.1. The molecule has 0 radical (unpaired) electrons. The van der Waals surface area contributed by atoms with Crippen LogP contribution in [0.1, 0.15) is 24.0 Å². The molecule has 0 aliphatic carbocycles. The molecule has 0 atom stereocenters. The fourth-order valence-corrected chi connectivity index (χ4v) is 2.91. The van der Waals surface area contributed by atoms with Crippen LogP contribution in [-0.4, -0.2) is 24.8 Å².